The average Bonchev–Trinajstić information content (AvgIpc) is 2.79. The number of aromatic hydroxyl groups is 2. The second-order valence-corrected chi connectivity index (χ2v) is 7.80. The number of nitrogens with zero attached hydrogens (tertiary/aromatic N) is 1. The molecular weight excluding hydrogens is 408 g/mol. The maximum absolute atomic E-state index is 12.5. The van der Waals surface area contributed by atoms with Crippen molar-refractivity contribution in [2.75, 3.05) is 32.7 Å². The molecule has 2 aromatic rings. The van der Waals surface area contributed by atoms with Crippen molar-refractivity contribution in [2.45, 2.75) is 6.54 Å². The van der Waals surface area contributed by atoms with Crippen LogP contribution in [0.25, 0.3) is 11.6 Å². The van der Waals surface area contributed by atoms with Crippen LogP contribution in [0.1, 0.15) is 27.0 Å². The van der Waals surface area contributed by atoms with Crippen LogP contribution in [0.15, 0.2) is 48.7 Å². The number of carbonyl (C=O) groups excluding carboxylic acids is 2. The highest BCUT2D eigenvalue weighted by molar-refractivity contribution is 6.31. The number of imide groups is 1. The van der Waals surface area contributed by atoms with Gasteiger partial charge in [0.05, 0.1) is 5.57 Å². The summed E-state index contributed by atoms with van der Waals surface area (Å²) in [5.41, 5.74) is 3.02. The lowest BCUT2D eigenvalue weighted by atomic mass is 9.93. The Balaban J connectivity index is 1.51. The molecule has 2 heterocycles. The van der Waals surface area contributed by atoms with Gasteiger partial charge in [-0.15, -0.1) is 0 Å². The van der Waals surface area contributed by atoms with Crippen LogP contribution >= 0.6 is 0 Å². The number of phenols is 2. The first-order valence-corrected chi connectivity index (χ1v) is 10.6. The molecule has 8 heteroatoms. The molecule has 2 aromatic carbocycles. The van der Waals surface area contributed by atoms with Gasteiger partial charge in [-0.2, -0.15) is 0 Å². The molecule has 166 valence electrons. The van der Waals surface area contributed by atoms with E-state index in [4.69, 9.17) is 0 Å². The minimum Gasteiger partial charge on any atom is -0.504 e. The van der Waals surface area contributed by atoms with Crippen LogP contribution in [-0.2, 0) is 11.3 Å². The molecule has 0 bridgehead atoms. The molecule has 0 atom stereocenters. The summed E-state index contributed by atoms with van der Waals surface area (Å²) in [6, 6.07) is 9.96. The summed E-state index contributed by atoms with van der Waals surface area (Å²) in [4.78, 5) is 27.1. The number of hydrogen-bond acceptors (Lipinski definition) is 7. The number of amides is 2. The van der Waals surface area contributed by atoms with Crippen LogP contribution in [0.4, 0.5) is 0 Å². The van der Waals surface area contributed by atoms with Gasteiger partial charge in [-0.05, 0) is 35.4 Å². The van der Waals surface area contributed by atoms with Gasteiger partial charge in [0.25, 0.3) is 11.8 Å². The predicted octanol–water partition coefficient (Wildman–Crippen LogP) is 1.42. The number of carbonyl (C=O) groups is 2. The summed E-state index contributed by atoms with van der Waals surface area (Å²) in [6.07, 6.45) is 5.67. The SMILES string of the molecule is O=C1NC(=O)c2ccc(/C=C/CN3CCNCC3)cc2/C1=C\NCc1ccc(O)c(O)c1. The van der Waals surface area contributed by atoms with E-state index >= 15 is 0 Å². The maximum atomic E-state index is 12.5. The van der Waals surface area contributed by atoms with Crippen molar-refractivity contribution in [3.05, 3.63) is 70.9 Å². The van der Waals surface area contributed by atoms with Gasteiger partial charge < -0.3 is 20.8 Å². The Kier molecular flexibility index (Phi) is 6.53. The normalized spacial score (nSPS) is 18.1. The number of fused-ring (bicyclic) bond motifs is 1. The first-order valence-electron chi connectivity index (χ1n) is 10.6. The lowest BCUT2D eigenvalue weighted by molar-refractivity contribution is -0.114. The predicted molar refractivity (Wildman–Crippen MR) is 122 cm³/mol. The number of rotatable bonds is 6. The van der Waals surface area contributed by atoms with Crippen molar-refractivity contribution in [3.8, 4) is 11.5 Å². The van der Waals surface area contributed by atoms with Crippen LogP contribution in [0, 0.1) is 0 Å². The van der Waals surface area contributed by atoms with Crippen LogP contribution in [-0.4, -0.2) is 59.7 Å². The number of benzene rings is 2. The zero-order valence-corrected chi connectivity index (χ0v) is 17.6. The first kappa shape index (κ1) is 21.6. The lowest BCUT2D eigenvalue weighted by Crippen LogP contribution is -2.43. The average molecular weight is 434 g/mol. The maximum Gasteiger partial charge on any atom is 0.260 e. The van der Waals surface area contributed by atoms with Gasteiger partial charge in [-0.25, -0.2) is 0 Å². The van der Waals surface area contributed by atoms with E-state index in [-0.39, 0.29) is 11.5 Å². The molecule has 0 unspecified atom stereocenters. The fourth-order valence-electron chi connectivity index (χ4n) is 3.77. The minimum absolute atomic E-state index is 0.191. The topological polar surface area (TPSA) is 114 Å². The van der Waals surface area contributed by atoms with Gasteiger partial charge in [0.15, 0.2) is 11.5 Å². The zero-order valence-electron chi connectivity index (χ0n) is 17.6. The van der Waals surface area contributed by atoms with Gasteiger partial charge >= 0.3 is 0 Å². The Bertz CT molecular complexity index is 1090. The summed E-state index contributed by atoms with van der Waals surface area (Å²) in [6.45, 7) is 5.20. The smallest absolute Gasteiger partial charge is 0.260 e. The second-order valence-electron chi connectivity index (χ2n) is 7.80. The molecule has 5 N–H and O–H groups in total. The molecule has 2 aliphatic heterocycles. The fourth-order valence-corrected chi connectivity index (χ4v) is 3.77. The van der Waals surface area contributed by atoms with Crippen molar-refractivity contribution in [1.29, 1.82) is 0 Å². The van der Waals surface area contributed by atoms with Gasteiger partial charge in [-0.1, -0.05) is 24.3 Å². The second kappa shape index (κ2) is 9.67. The van der Waals surface area contributed by atoms with E-state index in [0.717, 1.165) is 43.9 Å². The molecule has 1 fully saturated rings. The van der Waals surface area contributed by atoms with E-state index in [1.54, 1.807) is 18.3 Å². The molecule has 2 amide bonds. The monoisotopic (exact) mass is 434 g/mol. The first-order chi connectivity index (χ1) is 15.5. The summed E-state index contributed by atoms with van der Waals surface area (Å²) in [5.74, 6) is -1.28. The highest BCUT2D eigenvalue weighted by atomic mass is 16.3. The van der Waals surface area contributed by atoms with Gasteiger partial charge in [-0.3, -0.25) is 19.8 Å². The Labute approximate surface area is 186 Å². The van der Waals surface area contributed by atoms with Crippen molar-refractivity contribution in [3.63, 3.8) is 0 Å². The van der Waals surface area contributed by atoms with Crippen molar-refractivity contribution < 1.29 is 19.8 Å². The van der Waals surface area contributed by atoms with Gasteiger partial charge in [0, 0.05) is 56.6 Å². The standard InChI is InChI=1S/C24H26N4O4/c29-21-6-4-17(13-22(21)30)14-26-15-20-19-12-16(2-1-9-28-10-7-25-8-11-28)3-5-18(19)23(31)27-24(20)32/h1-6,12-13,15,25-26,29-30H,7-11,14H2,(H,27,31,32)/b2-1+,20-15+. The Morgan fingerprint density at radius 1 is 0.969 bits per heavy atom. The quantitative estimate of drug-likeness (QED) is 0.265. The summed E-state index contributed by atoms with van der Waals surface area (Å²) in [7, 11) is 0. The van der Waals surface area contributed by atoms with E-state index in [9.17, 15) is 19.8 Å². The van der Waals surface area contributed by atoms with Crippen LogP contribution in [0.5, 0.6) is 11.5 Å². The molecule has 0 saturated carbocycles. The molecule has 1 saturated heterocycles. The number of nitrogens with one attached hydrogen (secondary N) is 3. The van der Waals surface area contributed by atoms with E-state index in [2.05, 4.69) is 26.9 Å². The third kappa shape index (κ3) is 4.99. The zero-order chi connectivity index (χ0) is 22.5. The summed E-state index contributed by atoms with van der Waals surface area (Å²) >= 11 is 0. The highest BCUT2D eigenvalue weighted by Gasteiger charge is 2.27. The number of phenolic OH excluding ortho intramolecular Hbond substituents is 2. The van der Waals surface area contributed by atoms with Gasteiger partial charge in [0.2, 0.25) is 0 Å². The molecule has 0 spiro atoms. The van der Waals surface area contributed by atoms with E-state index in [1.165, 1.54) is 12.1 Å². The van der Waals surface area contributed by atoms with Crippen molar-refractivity contribution in [2.24, 2.45) is 0 Å². The summed E-state index contributed by atoms with van der Waals surface area (Å²) in [5, 5.41) is 27.8. The van der Waals surface area contributed by atoms with E-state index < -0.39 is 11.8 Å². The minimum atomic E-state index is -0.467. The molecule has 0 aromatic heterocycles. The molecule has 0 aliphatic carbocycles. The largest absolute Gasteiger partial charge is 0.504 e. The number of piperazine rings is 1. The van der Waals surface area contributed by atoms with E-state index in [1.807, 2.05) is 18.2 Å². The highest BCUT2D eigenvalue weighted by Crippen LogP contribution is 2.26. The third-order valence-corrected chi connectivity index (χ3v) is 5.53. The van der Waals surface area contributed by atoms with Crippen molar-refractivity contribution >= 4 is 23.5 Å². The molecule has 8 nitrogen and oxygen atoms in total. The van der Waals surface area contributed by atoms with Crippen LogP contribution in [0.3, 0.4) is 0 Å². The Morgan fingerprint density at radius 3 is 2.56 bits per heavy atom. The summed E-state index contributed by atoms with van der Waals surface area (Å²) < 4.78 is 0. The lowest BCUT2D eigenvalue weighted by Gasteiger charge is -2.25. The molecule has 4 rings (SSSR count). The third-order valence-electron chi connectivity index (χ3n) is 5.53. The van der Waals surface area contributed by atoms with E-state index in [0.29, 0.717) is 23.2 Å². The fraction of sp³-hybridized carbons (Fsp3) is 0.250. The Hall–Kier alpha value is -3.62. The molecular formula is C24H26N4O4. The molecule has 0 radical (unpaired) electrons. The van der Waals surface area contributed by atoms with Crippen LogP contribution in [0.2, 0.25) is 0 Å². The van der Waals surface area contributed by atoms with Crippen molar-refractivity contribution in [1.82, 2.24) is 20.9 Å². The molecule has 2 aliphatic rings. The van der Waals surface area contributed by atoms with Crippen LogP contribution < -0.4 is 16.0 Å². The number of hydrogen-bond donors (Lipinski definition) is 5. The van der Waals surface area contributed by atoms with Gasteiger partial charge in [0.1, 0.15) is 0 Å². The molecule has 32 heavy (non-hydrogen) atoms. The Morgan fingerprint density at radius 2 is 1.78 bits per heavy atom.